The first-order valence-electron chi connectivity index (χ1n) is 7.88. The van der Waals surface area contributed by atoms with Gasteiger partial charge in [0.05, 0.1) is 4.90 Å². The average molecular weight is 375 g/mol. The molecule has 4 N–H and O–H groups in total. The van der Waals surface area contributed by atoms with Crippen molar-refractivity contribution in [1.29, 1.82) is 0 Å². The summed E-state index contributed by atoms with van der Waals surface area (Å²) < 4.78 is 37.9. The molecule has 1 aliphatic heterocycles. The van der Waals surface area contributed by atoms with Crippen molar-refractivity contribution in [3.63, 3.8) is 0 Å². The third-order valence-electron chi connectivity index (χ3n) is 4.25. The highest BCUT2D eigenvalue weighted by atomic mass is 32.2. The maximum atomic E-state index is 12.6. The van der Waals surface area contributed by atoms with Gasteiger partial charge in [-0.2, -0.15) is 0 Å². The molecule has 1 saturated heterocycles. The summed E-state index contributed by atoms with van der Waals surface area (Å²) in [7, 11) is -2.57. The molecule has 25 heavy (non-hydrogen) atoms. The summed E-state index contributed by atoms with van der Waals surface area (Å²) in [6, 6.07) is 3.54. The molecular weight excluding hydrogens is 350 g/mol. The molecule has 0 aliphatic carbocycles. The van der Waals surface area contributed by atoms with Gasteiger partial charge >= 0.3 is 0 Å². The molecule has 2 unspecified atom stereocenters. The molecular formula is C16H25NO7S. The Hall–Kier alpha value is -1.07. The van der Waals surface area contributed by atoms with E-state index in [1.54, 1.807) is 26.0 Å². The molecule has 9 heteroatoms. The number of aliphatic hydroxyl groups excluding tert-OH is 3. The number of benzene rings is 1. The van der Waals surface area contributed by atoms with Gasteiger partial charge in [0.25, 0.3) is 0 Å². The molecule has 1 aromatic rings. The van der Waals surface area contributed by atoms with Crippen LogP contribution >= 0.6 is 0 Å². The van der Waals surface area contributed by atoms with Crippen LogP contribution in [0.1, 0.15) is 16.7 Å². The van der Waals surface area contributed by atoms with Gasteiger partial charge in [-0.05, 0) is 31.9 Å². The summed E-state index contributed by atoms with van der Waals surface area (Å²) in [5.74, 6) is 0. The topological polar surface area (TPSA) is 125 Å². The molecule has 8 nitrogen and oxygen atoms in total. The first kappa shape index (κ1) is 20.2. The van der Waals surface area contributed by atoms with Crippen LogP contribution in [-0.4, -0.2) is 68.1 Å². The Kier molecular flexibility index (Phi) is 6.21. The van der Waals surface area contributed by atoms with Crippen LogP contribution in [-0.2, 0) is 19.5 Å². The predicted octanol–water partition coefficient (Wildman–Crippen LogP) is -0.656. The van der Waals surface area contributed by atoms with Crippen LogP contribution in [0.3, 0.4) is 0 Å². The van der Waals surface area contributed by atoms with Crippen LogP contribution < -0.4 is 4.72 Å². The minimum atomic E-state index is -3.84. The van der Waals surface area contributed by atoms with Gasteiger partial charge in [0, 0.05) is 13.7 Å². The minimum Gasteiger partial charge on any atom is -0.388 e. The van der Waals surface area contributed by atoms with E-state index in [0.717, 1.165) is 5.56 Å². The zero-order valence-electron chi connectivity index (χ0n) is 14.6. The smallest absolute Gasteiger partial charge is 0.241 e. The summed E-state index contributed by atoms with van der Waals surface area (Å²) in [5.41, 5.74) is 2.18. The lowest BCUT2D eigenvalue weighted by Gasteiger charge is -2.39. The molecule has 0 saturated carbocycles. The number of sulfonamides is 1. The highest BCUT2D eigenvalue weighted by Crippen LogP contribution is 2.24. The quantitative estimate of drug-likeness (QED) is 0.539. The van der Waals surface area contributed by atoms with E-state index in [2.05, 4.69) is 4.72 Å². The number of ether oxygens (including phenoxy) is 2. The van der Waals surface area contributed by atoms with Crippen molar-refractivity contribution in [2.24, 2.45) is 0 Å². The normalized spacial score (nSPS) is 30.4. The average Bonchev–Trinajstić information content (AvgIpc) is 2.50. The number of rotatable bonds is 5. The van der Waals surface area contributed by atoms with E-state index >= 15 is 0 Å². The molecule has 0 radical (unpaired) electrons. The molecule has 1 heterocycles. The van der Waals surface area contributed by atoms with E-state index in [9.17, 15) is 23.7 Å². The van der Waals surface area contributed by atoms with Gasteiger partial charge < -0.3 is 24.8 Å². The fraction of sp³-hybridized carbons (Fsp3) is 0.625. The standard InChI is InChI=1S/C16H25NO7S/c1-8-5-9(2)15(10(3)6-8)25(21,22)17-7-11-12(18)13(19)14(20)16(23-4)24-11/h5-6,11-14,16-20H,7H2,1-4H3/t11-,12-,13?,14+,16?/m1/s1. The van der Waals surface area contributed by atoms with Gasteiger partial charge in [0.15, 0.2) is 6.29 Å². The Bertz CT molecular complexity index is 696. The van der Waals surface area contributed by atoms with E-state index < -0.39 is 40.7 Å². The van der Waals surface area contributed by atoms with Crippen LogP contribution in [0.5, 0.6) is 0 Å². The van der Waals surface area contributed by atoms with E-state index in [4.69, 9.17) is 9.47 Å². The molecule has 142 valence electrons. The van der Waals surface area contributed by atoms with Crippen molar-refractivity contribution in [2.45, 2.75) is 56.4 Å². The Labute approximate surface area is 147 Å². The third-order valence-corrected chi connectivity index (χ3v) is 5.98. The monoisotopic (exact) mass is 375 g/mol. The maximum absolute atomic E-state index is 12.6. The number of hydrogen-bond acceptors (Lipinski definition) is 7. The SMILES string of the molecule is COC1O[C@H](CNS(=O)(=O)c2c(C)cc(C)cc2C)[C@@H](O)C(O)[C@@H]1O. The molecule has 0 amide bonds. The van der Waals surface area contributed by atoms with Crippen molar-refractivity contribution in [3.8, 4) is 0 Å². The van der Waals surface area contributed by atoms with E-state index in [1.807, 2.05) is 6.92 Å². The second-order valence-corrected chi connectivity index (χ2v) is 8.03. The number of hydrogen-bond donors (Lipinski definition) is 4. The van der Waals surface area contributed by atoms with Crippen LogP contribution in [0.15, 0.2) is 17.0 Å². The maximum Gasteiger partial charge on any atom is 0.241 e. The molecule has 0 bridgehead atoms. The summed E-state index contributed by atoms with van der Waals surface area (Å²) >= 11 is 0. The lowest BCUT2D eigenvalue weighted by atomic mass is 9.99. The Morgan fingerprint density at radius 3 is 2.16 bits per heavy atom. The van der Waals surface area contributed by atoms with Gasteiger partial charge in [0.1, 0.15) is 24.4 Å². The number of methoxy groups -OCH3 is 1. The summed E-state index contributed by atoms with van der Waals surface area (Å²) in [6.45, 7) is 5.02. The van der Waals surface area contributed by atoms with Crippen LogP contribution in [0, 0.1) is 20.8 Å². The second kappa shape index (κ2) is 7.67. The first-order chi connectivity index (χ1) is 11.6. The zero-order valence-corrected chi connectivity index (χ0v) is 15.4. The van der Waals surface area contributed by atoms with Crippen molar-refractivity contribution in [1.82, 2.24) is 4.72 Å². The Morgan fingerprint density at radius 2 is 1.64 bits per heavy atom. The lowest BCUT2D eigenvalue weighted by molar-refractivity contribution is -0.287. The third kappa shape index (κ3) is 4.20. The molecule has 1 fully saturated rings. The Balaban J connectivity index is 2.17. The fourth-order valence-electron chi connectivity index (χ4n) is 3.13. The van der Waals surface area contributed by atoms with Gasteiger partial charge in [-0.3, -0.25) is 0 Å². The van der Waals surface area contributed by atoms with Gasteiger partial charge in [-0.1, -0.05) is 17.7 Å². The van der Waals surface area contributed by atoms with E-state index in [0.29, 0.717) is 11.1 Å². The molecule has 1 aliphatic rings. The van der Waals surface area contributed by atoms with Gasteiger partial charge in [-0.15, -0.1) is 0 Å². The second-order valence-electron chi connectivity index (χ2n) is 6.33. The highest BCUT2D eigenvalue weighted by molar-refractivity contribution is 7.89. The van der Waals surface area contributed by atoms with Crippen molar-refractivity contribution in [2.75, 3.05) is 13.7 Å². The van der Waals surface area contributed by atoms with Crippen molar-refractivity contribution >= 4 is 10.0 Å². The van der Waals surface area contributed by atoms with E-state index in [1.165, 1.54) is 7.11 Å². The number of nitrogens with one attached hydrogen (secondary N) is 1. The molecule has 0 aromatic heterocycles. The molecule has 2 rings (SSSR count). The minimum absolute atomic E-state index is 0.173. The number of aliphatic hydroxyl groups is 3. The molecule has 0 spiro atoms. The molecule has 5 atom stereocenters. The van der Waals surface area contributed by atoms with Gasteiger partial charge in [0.2, 0.25) is 10.0 Å². The summed E-state index contributed by atoms with van der Waals surface area (Å²) in [6.07, 6.45) is -6.60. The van der Waals surface area contributed by atoms with Crippen LogP contribution in [0.2, 0.25) is 0 Å². The summed E-state index contributed by atoms with van der Waals surface area (Å²) in [4.78, 5) is 0.173. The van der Waals surface area contributed by atoms with Gasteiger partial charge in [-0.25, -0.2) is 13.1 Å². The fourth-order valence-corrected chi connectivity index (χ4v) is 4.63. The lowest BCUT2D eigenvalue weighted by Crippen LogP contribution is -2.60. The first-order valence-corrected chi connectivity index (χ1v) is 9.36. The summed E-state index contributed by atoms with van der Waals surface area (Å²) in [5, 5.41) is 29.6. The van der Waals surface area contributed by atoms with Crippen LogP contribution in [0.25, 0.3) is 0 Å². The van der Waals surface area contributed by atoms with E-state index in [-0.39, 0.29) is 11.4 Å². The molecule has 1 aromatic carbocycles. The van der Waals surface area contributed by atoms with Crippen molar-refractivity contribution < 1.29 is 33.2 Å². The zero-order chi connectivity index (χ0) is 18.9. The van der Waals surface area contributed by atoms with Crippen molar-refractivity contribution in [3.05, 3.63) is 28.8 Å². The highest BCUT2D eigenvalue weighted by Gasteiger charge is 2.44. The Morgan fingerprint density at radius 1 is 1.08 bits per heavy atom. The number of aryl methyl sites for hydroxylation is 3. The largest absolute Gasteiger partial charge is 0.388 e. The van der Waals surface area contributed by atoms with Crippen LogP contribution in [0.4, 0.5) is 0 Å². The predicted molar refractivity (Wildman–Crippen MR) is 89.5 cm³/mol.